The van der Waals surface area contributed by atoms with Crippen LogP contribution in [0.3, 0.4) is 0 Å². The smallest absolute Gasteiger partial charge is 0.197 e. The van der Waals surface area contributed by atoms with Gasteiger partial charge in [0, 0.05) is 81.4 Å². The minimum Gasteiger partial charge on any atom is -0.493 e. The van der Waals surface area contributed by atoms with Crippen molar-refractivity contribution in [1.82, 2.24) is 0 Å². The molecule has 444 valence electrons. The van der Waals surface area contributed by atoms with Crippen LogP contribution in [0.1, 0.15) is 209 Å². The van der Waals surface area contributed by atoms with E-state index in [4.69, 9.17) is 9.47 Å². The van der Waals surface area contributed by atoms with Crippen molar-refractivity contribution in [2.24, 2.45) is 23.7 Å². The quantitative estimate of drug-likeness (QED) is 0.0435. The van der Waals surface area contributed by atoms with Crippen LogP contribution in [0.5, 0.6) is 11.5 Å². The van der Waals surface area contributed by atoms with Gasteiger partial charge in [0.2, 0.25) is 0 Å². The van der Waals surface area contributed by atoms with Crippen molar-refractivity contribution >= 4 is 99.8 Å². The van der Waals surface area contributed by atoms with Crippen molar-refractivity contribution in [1.29, 1.82) is 0 Å². The van der Waals surface area contributed by atoms with Crippen LogP contribution in [0.4, 0.5) is 0 Å². The summed E-state index contributed by atoms with van der Waals surface area (Å²) in [6.07, 6.45) is 20.2. The van der Waals surface area contributed by atoms with Crippen molar-refractivity contribution in [3.05, 3.63) is 127 Å². The van der Waals surface area contributed by atoms with E-state index in [2.05, 4.69) is 154 Å². The number of hydrogen-bond donors (Lipinski definition) is 0. The Balaban J connectivity index is 1.12. The van der Waals surface area contributed by atoms with Gasteiger partial charge < -0.3 is 9.47 Å². The molecule has 9 aromatic rings. The molecule has 0 aliphatic heterocycles. The van der Waals surface area contributed by atoms with Crippen molar-refractivity contribution in [2.75, 3.05) is 13.2 Å². The molecule has 4 atom stereocenters. The van der Waals surface area contributed by atoms with Gasteiger partial charge in [0.05, 0.1) is 34.1 Å². The lowest BCUT2D eigenvalue weighted by atomic mass is 9.81. The number of carbonyl (C=O) groups excluding carboxylic acids is 2. The number of carbonyl (C=O) groups is 2. The number of thiophene rings is 6. The fourth-order valence-corrected chi connectivity index (χ4v) is 20.0. The maximum Gasteiger partial charge on any atom is 0.197 e. The van der Waals surface area contributed by atoms with Gasteiger partial charge >= 0.3 is 0 Å². The van der Waals surface area contributed by atoms with Gasteiger partial charge in [-0.2, -0.15) is 0 Å². The number of ketones is 2. The first kappa shape index (κ1) is 62.4. The summed E-state index contributed by atoms with van der Waals surface area (Å²) in [6, 6.07) is 31.3. The Morgan fingerprint density at radius 3 is 1.32 bits per heavy atom. The lowest BCUT2D eigenvalue weighted by molar-refractivity contribution is 0.0980. The molecule has 0 saturated heterocycles. The van der Waals surface area contributed by atoms with E-state index in [1.807, 2.05) is 22.7 Å². The molecular weight excluding hydrogens is 1150 g/mol. The Labute approximate surface area is 526 Å². The first-order valence-corrected chi connectivity index (χ1v) is 36.9. The highest BCUT2D eigenvalue weighted by Gasteiger charge is 2.42. The molecule has 1 aliphatic carbocycles. The standard InChI is InChI=1S/C74H88O4S6/c1-11-19-25-47(15-5)38-61-65-66(62(82-61)39-48(16-6)26-20-12-2)70(76)68-67(69(65)75)73(58-34-33-45(9)79-58)84-74(68)59-36-35-57(81-59)60-42-56-64(52-30-24-32-54(41-52)78-44-50(18-8)28-22-14-4)71-55(37-46(10)80-71)63(72(56)83-60)51-29-23-31-53(40-51)77-43-49(17-7)27-21-13-3/h23-24,29-37,40-42,47-50H,11-22,25-28,38-39,43-44H2,1-10H3. The first-order valence-electron chi connectivity index (χ1n) is 32.0. The van der Waals surface area contributed by atoms with Crippen LogP contribution in [-0.2, 0) is 12.8 Å². The minimum atomic E-state index is 0.0473. The Hall–Kier alpha value is -4.68. The van der Waals surface area contributed by atoms with Crippen LogP contribution < -0.4 is 9.47 Å². The summed E-state index contributed by atoms with van der Waals surface area (Å²) in [4.78, 5) is 42.8. The molecule has 4 unspecified atom stereocenters. The second-order valence-electron chi connectivity index (χ2n) is 23.9. The summed E-state index contributed by atoms with van der Waals surface area (Å²) >= 11 is 10.7. The molecule has 10 heteroatoms. The zero-order valence-electron chi connectivity index (χ0n) is 51.6. The molecule has 84 heavy (non-hydrogen) atoms. The molecule has 0 amide bonds. The Bertz CT molecular complexity index is 3580. The molecule has 3 aromatic carbocycles. The van der Waals surface area contributed by atoms with E-state index < -0.39 is 0 Å². The van der Waals surface area contributed by atoms with Crippen molar-refractivity contribution < 1.29 is 19.1 Å². The van der Waals surface area contributed by atoms with Crippen molar-refractivity contribution in [3.8, 4) is 63.0 Å². The lowest BCUT2D eigenvalue weighted by Crippen LogP contribution is -2.22. The summed E-state index contributed by atoms with van der Waals surface area (Å²) < 4.78 is 15.9. The van der Waals surface area contributed by atoms with E-state index >= 15 is 9.59 Å². The molecule has 6 aromatic heterocycles. The van der Waals surface area contributed by atoms with Gasteiger partial charge in [-0.3, -0.25) is 9.59 Å². The number of benzene rings is 3. The predicted octanol–water partition coefficient (Wildman–Crippen LogP) is 24.8. The van der Waals surface area contributed by atoms with Gasteiger partial charge in [-0.15, -0.1) is 68.0 Å². The maximum atomic E-state index is 16.0. The number of rotatable bonds is 31. The van der Waals surface area contributed by atoms with Crippen LogP contribution in [-0.4, -0.2) is 24.8 Å². The van der Waals surface area contributed by atoms with Crippen LogP contribution >= 0.6 is 68.0 Å². The van der Waals surface area contributed by atoms with E-state index in [1.165, 1.54) is 97.3 Å². The summed E-state index contributed by atoms with van der Waals surface area (Å²) in [6.45, 7) is 24.0. The Morgan fingerprint density at radius 2 is 0.845 bits per heavy atom. The zero-order chi connectivity index (χ0) is 59.0. The van der Waals surface area contributed by atoms with Gasteiger partial charge in [0.25, 0.3) is 0 Å². The summed E-state index contributed by atoms with van der Waals surface area (Å²) in [5, 5.41) is 2.48. The second kappa shape index (κ2) is 28.9. The Kier molecular flexibility index (Phi) is 21.4. The highest BCUT2D eigenvalue weighted by atomic mass is 32.1. The van der Waals surface area contributed by atoms with Gasteiger partial charge in [-0.05, 0) is 135 Å². The number of fused-ring (bicyclic) bond motifs is 4. The largest absolute Gasteiger partial charge is 0.493 e. The van der Waals surface area contributed by atoms with Crippen molar-refractivity contribution in [3.63, 3.8) is 0 Å². The zero-order valence-corrected chi connectivity index (χ0v) is 56.5. The number of unbranched alkanes of at least 4 members (excludes halogenated alkanes) is 4. The van der Waals surface area contributed by atoms with Crippen LogP contribution in [0.25, 0.3) is 71.7 Å². The molecule has 0 saturated carbocycles. The van der Waals surface area contributed by atoms with E-state index in [0.29, 0.717) is 45.9 Å². The Morgan fingerprint density at radius 1 is 0.393 bits per heavy atom. The monoisotopic (exact) mass is 1230 g/mol. The topological polar surface area (TPSA) is 52.6 Å². The van der Waals surface area contributed by atoms with Gasteiger partial charge in [-0.1, -0.05) is 170 Å². The third-order valence-corrected chi connectivity index (χ3v) is 25.1. The average Bonchev–Trinajstić information content (AvgIpc) is 2.99. The van der Waals surface area contributed by atoms with Gasteiger partial charge in [0.1, 0.15) is 11.5 Å². The highest BCUT2D eigenvalue weighted by Crippen LogP contribution is 2.55. The third kappa shape index (κ3) is 13.4. The molecule has 0 radical (unpaired) electrons. The van der Waals surface area contributed by atoms with Crippen LogP contribution in [0.15, 0.2) is 84.9 Å². The predicted molar refractivity (Wildman–Crippen MR) is 370 cm³/mol. The molecule has 0 fully saturated rings. The van der Waals surface area contributed by atoms with Gasteiger partial charge in [0.15, 0.2) is 11.6 Å². The fraction of sp³-hybridized carbons (Fsp3) is 0.459. The van der Waals surface area contributed by atoms with E-state index in [9.17, 15) is 0 Å². The minimum absolute atomic E-state index is 0.0473. The summed E-state index contributed by atoms with van der Waals surface area (Å²) in [7, 11) is 0. The van der Waals surface area contributed by atoms with Crippen molar-refractivity contribution in [2.45, 2.75) is 185 Å². The van der Waals surface area contributed by atoms with Gasteiger partial charge in [-0.25, -0.2) is 0 Å². The molecule has 1 aliphatic rings. The molecule has 10 rings (SSSR count). The summed E-state index contributed by atoms with van der Waals surface area (Å²) in [5.74, 6) is 3.93. The molecule has 0 N–H and O–H groups in total. The molecule has 6 heterocycles. The number of aryl methyl sites for hydroxylation is 2. The van der Waals surface area contributed by atoms with E-state index in [1.54, 1.807) is 45.3 Å². The molecule has 0 bridgehead atoms. The maximum absolute atomic E-state index is 16.0. The SMILES string of the molecule is CCCCC(CC)COc1cccc(-c2c3cc(-c4ccc(-c5sc(-c6ccc(C)s6)c6c5C(=O)c5c(CC(CC)CCCC)sc(CC(CC)CCCC)c5C6=O)s4)sc3c(-c3cccc(OCC(CC)CCCC)c3)c3cc(C)sc23)c1. The molecule has 0 spiro atoms. The normalized spacial score (nSPS) is 13.9. The molecule has 4 nitrogen and oxygen atoms in total. The highest BCUT2D eigenvalue weighted by molar-refractivity contribution is 7.30. The summed E-state index contributed by atoms with van der Waals surface area (Å²) in [5.41, 5.74) is 7.46. The first-order chi connectivity index (χ1) is 40.9. The van der Waals surface area contributed by atoms with E-state index in [-0.39, 0.29) is 11.6 Å². The average molecular weight is 1230 g/mol. The fourth-order valence-electron chi connectivity index (χ4n) is 12.6. The van der Waals surface area contributed by atoms with Crippen LogP contribution in [0, 0.1) is 37.5 Å². The van der Waals surface area contributed by atoms with Crippen LogP contribution in [0.2, 0.25) is 0 Å². The number of hydrogen-bond acceptors (Lipinski definition) is 10. The lowest BCUT2D eigenvalue weighted by Gasteiger charge is -2.19. The molecular formula is C74H88O4S6. The second-order valence-corrected chi connectivity index (χ2v) is 30.8. The number of ether oxygens (including phenoxy) is 2. The van der Waals surface area contributed by atoms with E-state index in [0.717, 1.165) is 134 Å². The third-order valence-electron chi connectivity index (χ3n) is 17.8.